The molecular formula is C24H20ClN3O4. The molecule has 1 aliphatic rings. The molecule has 0 unspecified atom stereocenters. The van der Waals surface area contributed by atoms with E-state index in [1.54, 1.807) is 12.1 Å². The maximum atomic E-state index is 10.5. The third-order valence-electron chi connectivity index (χ3n) is 4.86. The Labute approximate surface area is 189 Å². The van der Waals surface area contributed by atoms with Crippen LogP contribution in [0.3, 0.4) is 0 Å². The molecule has 1 heterocycles. The van der Waals surface area contributed by atoms with Crippen molar-refractivity contribution in [3.63, 3.8) is 0 Å². The smallest absolute Gasteiger partial charge is 0.167 e. The predicted molar refractivity (Wildman–Crippen MR) is 122 cm³/mol. The highest BCUT2D eigenvalue weighted by molar-refractivity contribution is 6.09. The first-order chi connectivity index (χ1) is 15.3. The number of halogens is 1. The summed E-state index contributed by atoms with van der Waals surface area (Å²) in [5.74, 6) is 0.606. The third kappa shape index (κ3) is 4.43. The second kappa shape index (κ2) is 8.36. The lowest BCUT2D eigenvalue weighted by atomic mass is 9.91. The molecule has 4 rings (SSSR count). The Morgan fingerprint density at radius 2 is 1.44 bits per heavy atom. The molecule has 0 amide bonds. The van der Waals surface area contributed by atoms with Gasteiger partial charge in [-0.1, -0.05) is 44.2 Å². The highest BCUT2D eigenvalue weighted by Crippen LogP contribution is 2.36. The van der Waals surface area contributed by atoms with Gasteiger partial charge in [-0.2, -0.15) is 0 Å². The van der Waals surface area contributed by atoms with Gasteiger partial charge in [-0.05, 0) is 24.3 Å². The lowest BCUT2D eigenvalue weighted by Gasteiger charge is -2.16. The number of phenolic OH excluding ortho intramolecular Hbond substituents is 3. The molecule has 7 nitrogen and oxygen atoms in total. The van der Waals surface area contributed by atoms with Crippen LogP contribution in [0.1, 0.15) is 19.7 Å². The summed E-state index contributed by atoms with van der Waals surface area (Å²) < 4.78 is 4.64. The van der Waals surface area contributed by atoms with Crippen LogP contribution in [0.2, 0.25) is 0 Å². The summed E-state index contributed by atoms with van der Waals surface area (Å²) in [6.45, 7) is 4.12. The van der Waals surface area contributed by atoms with E-state index in [0.29, 0.717) is 17.0 Å². The first-order valence-electron chi connectivity index (χ1n) is 9.75. The number of rotatable bonds is 4. The highest BCUT2D eigenvalue weighted by Gasteiger charge is 2.20. The predicted octanol–water partition coefficient (Wildman–Crippen LogP) is 5.39. The minimum absolute atomic E-state index is 0.0858. The maximum Gasteiger partial charge on any atom is 0.167 e. The Morgan fingerprint density at radius 1 is 0.812 bits per heavy atom. The quantitative estimate of drug-likeness (QED) is 0.489. The van der Waals surface area contributed by atoms with Crippen molar-refractivity contribution in [2.24, 2.45) is 5.41 Å². The van der Waals surface area contributed by atoms with E-state index in [1.807, 2.05) is 24.3 Å². The van der Waals surface area contributed by atoms with Gasteiger partial charge in [0.05, 0.1) is 11.1 Å². The fourth-order valence-corrected chi connectivity index (χ4v) is 3.40. The summed E-state index contributed by atoms with van der Waals surface area (Å²) in [4.78, 5) is 13.6. The van der Waals surface area contributed by atoms with Crippen molar-refractivity contribution in [3.8, 4) is 45.8 Å². The summed E-state index contributed by atoms with van der Waals surface area (Å²) >= 11 is 5.38. The first-order valence-corrected chi connectivity index (χ1v) is 10.1. The summed E-state index contributed by atoms with van der Waals surface area (Å²) in [6.07, 6.45) is 9.81. The van der Waals surface area contributed by atoms with E-state index in [1.165, 1.54) is 24.3 Å². The van der Waals surface area contributed by atoms with Gasteiger partial charge in [-0.25, -0.2) is 15.0 Å². The minimum Gasteiger partial charge on any atom is -0.508 e. The first kappa shape index (κ1) is 21.4. The SMILES string of the molecule is CC1(C)C=CC=CC(c2nc(-c3ccc(O)cc3O)nc(-c3ccc(OCl)cc3O)n2)=C1. The van der Waals surface area contributed by atoms with Gasteiger partial charge in [0.15, 0.2) is 17.5 Å². The van der Waals surface area contributed by atoms with Gasteiger partial charge in [0.25, 0.3) is 0 Å². The van der Waals surface area contributed by atoms with Crippen molar-refractivity contribution in [1.29, 1.82) is 0 Å². The molecular weight excluding hydrogens is 430 g/mol. The van der Waals surface area contributed by atoms with Crippen LogP contribution in [0.25, 0.3) is 28.3 Å². The van der Waals surface area contributed by atoms with E-state index >= 15 is 0 Å². The van der Waals surface area contributed by atoms with E-state index in [2.05, 4.69) is 39.2 Å². The fourth-order valence-electron chi connectivity index (χ4n) is 3.30. The second-order valence-electron chi connectivity index (χ2n) is 7.90. The largest absolute Gasteiger partial charge is 0.508 e. The van der Waals surface area contributed by atoms with Crippen LogP contribution in [0.5, 0.6) is 23.0 Å². The Morgan fingerprint density at radius 3 is 2.06 bits per heavy atom. The van der Waals surface area contributed by atoms with Crippen molar-refractivity contribution < 1.29 is 19.6 Å². The zero-order valence-corrected chi connectivity index (χ0v) is 18.1. The van der Waals surface area contributed by atoms with E-state index < -0.39 is 0 Å². The number of phenols is 3. The van der Waals surface area contributed by atoms with Crippen molar-refractivity contribution in [2.75, 3.05) is 0 Å². The van der Waals surface area contributed by atoms with Crippen LogP contribution >= 0.6 is 11.9 Å². The summed E-state index contributed by atoms with van der Waals surface area (Å²) in [5, 5.41) is 30.5. The average molecular weight is 450 g/mol. The van der Waals surface area contributed by atoms with Crippen LogP contribution in [0.4, 0.5) is 0 Å². The molecule has 2 aromatic carbocycles. The van der Waals surface area contributed by atoms with Crippen molar-refractivity contribution in [2.45, 2.75) is 13.8 Å². The zero-order chi connectivity index (χ0) is 22.9. The molecule has 0 bridgehead atoms. The third-order valence-corrected chi connectivity index (χ3v) is 5.03. The van der Waals surface area contributed by atoms with E-state index in [9.17, 15) is 15.3 Å². The number of aromatic nitrogens is 3. The monoisotopic (exact) mass is 449 g/mol. The summed E-state index contributed by atoms with van der Waals surface area (Å²) in [5.41, 5.74) is 1.15. The average Bonchev–Trinajstić information content (AvgIpc) is 2.93. The van der Waals surface area contributed by atoms with Crippen LogP contribution in [-0.4, -0.2) is 30.3 Å². The number of hydrogen-bond acceptors (Lipinski definition) is 7. The molecule has 3 aromatic rings. The Bertz CT molecular complexity index is 1280. The zero-order valence-electron chi connectivity index (χ0n) is 17.3. The van der Waals surface area contributed by atoms with Crippen molar-refractivity contribution >= 4 is 17.4 Å². The molecule has 0 saturated heterocycles. The van der Waals surface area contributed by atoms with E-state index in [0.717, 1.165) is 5.57 Å². The Hall–Kier alpha value is -3.84. The molecule has 1 aliphatic carbocycles. The molecule has 32 heavy (non-hydrogen) atoms. The molecule has 8 heteroatoms. The summed E-state index contributed by atoms with van der Waals surface area (Å²) in [7, 11) is 0. The van der Waals surface area contributed by atoms with Gasteiger partial charge in [0.1, 0.15) is 34.9 Å². The van der Waals surface area contributed by atoms with Gasteiger partial charge in [0.2, 0.25) is 0 Å². The van der Waals surface area contributed by atoms with Crippen LogP contribution in [-0.2, 0) is 0 Å². The van der Waals surface area contributed by atoms with Crippen molar-refractivity contribution in [3.05, 3.63) is 72.6 Å². The van der Waals surface area contributed by atoms with E-state index in [-0.39, 0.29) is 40.1 Å². The summed E-state index contributed by atoms with van der Waals surface area (Å²) in [6, 6.07) is 8.65. The topological polar surface area (TPSA) is 109 Å². The van der Waals surface area contributed by atoms with Crippen LogP contribution in [0.15, 0.2) is 66.8 Å². The highest BCUT2D eigenvalue weighted by atomic mass is 35.5. The standard InChI is InChI=1S/C24H20ClN3O4/c1-24(2)10-4-3-5-14(13-24)21-26-22(17-8-6-15(29)11-19(17)30)28-23(27-21)18-9-7-16(32-25)12-20(18)31/h3-13,29-31H,1-2H3. The Balaban J connectivity index is 1.94. The van der Waals surface area contributed by atoms with Gasteiger partial charge in [-0.15, -0.1) is 0 Å². The van der Waals surface area contributed by atoms with Crippen LogP contribution < -0.4 is 4.29 Å². The van der Waals surface area contributed by atoms with E-state index in [4.69, 9.17) is 11.9 Å². The van der Waals surface area contributed by atoms with Gasteiger partial charge >= 0.3 is 0 Å². The molecule has 0 saturated carbocycles. The lowest BCUT2D eigenvalue weighted by Crippen LogP contribution is -2.06. The molecule has 1 aromatic heterocycles. The van der Waals surface area contributed by atoms with Gasteiger partial charge in [0, 0.05) is 23.1 Å². The number of aromatic hydroxyl groups is 3. The number of allylic oxidation sites excluding steroid dienone is 6. The fraction of sp³-hybridized carbons (Fsp3) is 0.125. The van der Waals surface area contributed by atoms with Gasteiger partial charge < -0.3 is 19.6 Å². The Kier molecular flexibility index (Phi) is 5.59. The molecule has 0 fully saturated rings. The number of benzene rings is 2. The minimum atomic E-state index is -0.242. The molecule has 0 spiro atoms. The number of hydrogen-bond donors (Lipinski definition) is 3. The maximum absolute atomic E-state index is 10.5. The number of nitrogens with zero attached hydrogens (tertiary/aromatic N) is 3. The normalized spacial score (nSPS) is 14.7. The van der Waals surface area contributed by atoms with Gasteiger partial charge in [-0.3, -0.25) is 0 Å². The molecule has 0 aliphatic heterocycles. The second-order valence-corrected chi connectivity index (χ2v) is 8.06. The van der Waals surface area contributed by atoms with Crippen LogP contribution in [0, 0.1) is 5.41 Å². The molecule has 3 N–H and O–H groups in total. The van der Waals surface area contributed by atoms with Crippen molar-refractivity contribution in [1.82, 2.24) is 15.0 Å². The lowest BCUT2D eigenvalue weighted by molar-refractivity contribution is 0.451. The molecule has 162 valence electrons. The molecule has 0 atom stereocenters. The molecule has 0 radical (unpaired) electrons.